The molecule has 0 fully saturated rings. The predicted octanol–water partition coefficient (Wildman–Crippen LogP) is 10.4. The quantitative estimate of drug-likeness (QED) is 0.123. The number of hydrogen-bond donors (Lipinski definition) is 2. The van der Waals surface area contributed by atoms with Gasteiger partial charge in [-0.05, 0) is 130 Å². The lowest BCUT2D eigenvalue weighted by Gasteiger charge is -2.26. The Morgan fingerprint density at radius 1 is 0.543 bits per heavy atom. The van der Waals surface area contributed by atoms with Gasteiger partial charge in [0, 0.05) is 48.2 Å². The van der Waals surface area contributed by atoms with Gasteiger partial charge in [-0.25, -0.2) is 0 Å². The zero-order valence-corrected chi connectivity index (χ0v) is 28.6. The van der Waals surface area contributed by atoms with Crippen LogP contribution in [-0.4, -0.2) is 25.2 Å². The fourth-order valence-corrected chi connectivity index (χ4v) is 6.78. The van der Waals surface area contributed by atoms with Crippen LogP contribution in [0.5, 0.6) is 0 Å². The van der Waals surface area contributed by atoms with Crippen molar-refractivity contribution in [1.29, 1.82) is 0 Å². The maximum Gasteiger partial charge on any atom is 0.0366 e. The monoisotopic (exact) mass is 609 g/mol. The van der Waals surface area contributed by atoms with Gasteiger partial charge in [0.15, 0.2) is 0 Å². The molecule has 0 bridgehead atoms. The third-order valence-electron chi connectivity index (χ3n) is 9.11. The molecule has 0 spiro atoms. The van der Waals surface area contributed by atoms with E-state index in [1.807, 2.05) is 0 Å². The summed E-state index contributed by atoms with van der Waals surface area (Å²) in [7, 11) is 0. The van der Waals surface area contributed by atoms with Gasteiger partial charge < -0.3 is 15.5 Å². The van der Waals surface area contributed by atoms with Crippen molar-refractivity contribution in [1.82, 2.24) is 0 Å². The molecule has 0 aliphatic carbocycles. The minimum atomic E-state index is 0.136. The number of benzene rings is 5. The molecule has 5 rings (SSSR count). The fraction of sp³-hybridized carbons (Fsp3) is 0.302. The van der Waals surface area contributed by atoms with Crippen LogP contribution in [0.1, 0.15) is 72.6 Å². The molecule has 2 unspecified atom stereocenters. The van der Waals surface area contributed by atoms with E-state index >= 15 is 0 Å². The summed E-state index contributed by atoms with van der Waals surface area (Å²) >= 11 is 0. The Hall–Kier alpha value is -4.50. The van der Waals surface area contributed by atoms with E-state index in [0.29, 0.717) is 12.1 Å². The topological polar surface area (TPSA) is 27.3 Å². The molecule has 5 aromatic carbocycles. The molecule has 0 heterocycles. The Kier molecular flexibility index (Phi) is 11.2. The highest BCUT2D eigenvalue weighted by atomic mass is 15.1. The maximum absolute atomic E-state index is 3.75. The Balaban J connectivity index is 1.43. The van der Waals surface area contributed by atoms with Gasteiger partial charge in [0.05, 0.1) is 0 Å². The van der Waals surface area contributed by atoms with Crippen LogP contribution in [-0.2, 0) is 12.8 Å². The number of nitrogens with one attached hydrogen (secondary N) is 2. The first kappa shape index (κ1) is 32.9. The van der Waals surface area contributed by atoms with Gasteiger partial charge in [0.25, 0.3) is 0 Å². The van der Waals surface area contributed by atoms with Gasteiger partial charge in [0.2, 0.25) is 0 Å². The molecule has 238 valence electrons. The minimum Gasteiger partial charge on any atom is -0.382 e. The highest BCUT2D eigenvalue weighted by molar-refractivity contribution is 5.59. The van der Waals surface area contributed by atoms with Crippen molar-refractivity contribution in [2.75, 3.05) is 28.6 Å². The molecule has 0 aliphatic rings. The Morgan fingerprint density at radius 2 is 0.978 bits per heavy atom. The second-order valence-electron chi connectivity index (χ2n) is 12.8. The van der Waals surface area contributed by atoms with Gasteiger partial charge in [-0.3, -0.25) is 0 Å². The average Bonchev–Trinajstić information content (AvgIpc) is 3.05. The van der Waals surface area contributed by atoms with Crippen LogP contribution in [0, 0.1) is 13.8 Å². The fourth-order valence-electron chi connectivity index (χ4n) is 6.78. The third-order valence-corrected chi connectivity index (χ3v) is 9.11. The van der Waals surface area contributed by atoms with Crippen LogP contribution in [0.4, 0.5) is 17.1 Å². The number of hydrogen-bond acceptors (Lipinski definition) is 3. The molecule has 0 amide bonds. The van der Waals surface area contributed by atoms with Gasteiger partial charge >= 0.3 is 0 Å². The molecule has 3 nitrogen and oxygen atoms in total. The predicted molar refractivity (Wildman–Crippen MR) is 200 cm³/mol. The zero-order chi connectivity index (χ0) is 32.5. The lowest BCUT2D eigenvalue weighted by Crippen LogP contribution is -2.21. The van der Waals surface area contributed by atoms with Gasteiger partial charge in [0.1, 0.15) is 0 Å². The van der Waals surface area contributed by atoms with E-state index in [4.69, 9.17) is 0 Å². The van der Waals surface area contributed by atoms with Crippen molar-refractivity contribution < 1.29 is 0 Å². The maximum atomic E-state index is 3.75. The molecule has 0 saturated carbocycles. The molecule has 0 saturated heterocycles. The van der Waals surface area contributed by atoms with E-state index < -0.39 is 0 Å². The molecule has 46 heavy (non-hydrogen) atoms. The molecular formula is C43H51N3. The van der Waals surface area contributed by atoms with E-state index in [1.165, 1.54) is 56.0 Å². The Morgan fingerprint density at radius 3 is 1.37 bits per heavy atom. The largest absolute Gasteiger partial charge is 0.382 e. The average molecular weight is 610 g/mol. The molecule has 0 aromatic heterocycles. The summed E-state index contributed by atoms with van der Waals surface area (Å²) < 4.78 is 0. The summed E-state index contributed by atoms with van der Waals surface area (Å²) in [5, 5.41) is 7.50. The molecule has 2 atom stereocenters. The molecule has 3 heteroatoms. The van der Waals surface area contributed by atoms with E-state index in [9.17, 15) is 0 Å². The van der Waals surface area contributed by atoms with Crippen LogP contribution < -0.4 is 15.5 Å². The molecule has 5 aromatic rings. The summed E-state index contributed by atoms with van der Waals surface area (Å²) in [6.07, 6.45) is 1.99. The standard InChI is InChI=1S/C43H51N3/c1-7-46(8-2)40-23-19-37(20-24-40)43(41-25-21-38(27-31(41)3)44-33(5)29-35-15-11-9-12-16-35)42-26-22-39(28-32(42)4)45-34(6)30-36-17-13-10-14-18-36/h9-28,33-34,43-45H,7-8,29-30H2,1-6H3. The lowest BCUT2D eigenvalue weighted by molar-refractivity contribution is 0.789. The lowest BCUT2D eigenvalue weighted by atomic mass is 9.81. The second-order valence-corrected chi connectivity index (χ2v) is 12.8. The van der Waals surface area contributed by atoms with Crippen molar-refractivity contribution in [2.24, 2.45) is 0 Å². The number of aryl methyl sites for hydroxylation is 2. The van der Waals surface area contributed by atoms with E-state index in [0.717, 1.165) is 25.9 Å². The van der Waals surface area contributed by atoms with E-state index in [-0.39, 0.29) is 5.92 Å². The van der Waals surface area contributed by atoms with Gasteiger partial charge in [-0.15, -0.1) is 0 Å². The van der Waals surface area contributed by atoms with Crippen molar-refractivity contribution >= 4 is 17.1 Å². The first-order valence-electron chi connectivity index (χ1n) is 17.0. The molecule has 0 radical (unpaired) electrons. The molecule has 2 N–H and O–H groups in total. The molecule has 0 aliphatic heterocycles. The van der Waals surface area contributed by atoms with E-state index in [2.05, 4.69) is 178 Å². The Bertz CT molecular complexity index is 1560. The van der Waals surface area contributed by atoms with Gasteiger partial charge in [-0.2, -0.15) is 0 Å². The summed E-state index contributed by atoms with van der Waals surface area (Å²) in [5.41, 5.74) is 12.9. The summed E-state index contributed by atoms with van der Waals surface area (Å²) in [4.78, 5) is 2.41. The summed E-state index contributed by atoms with van der Waals surface area (Å²) in [5.74, 6) is 0.136. The molecular weight excluding hydrogens is 558 g/mol. The smallest absolute Gasteiger partial charge is 0.0366 e. The van der Waals surface area contributed by atoms with Crippen LogP contribution in [0.2, 0.25) is 0 Å². The first-order chi connectivity index (χ1) is 22.3. The number of anilines is 3. The summed E-state index contributed by atoms with van der Waals surface area (Å²) in [6, 6.07) is 45.2. The van der Waals surface area contributed by atoms with Crippen LogP contribution in [0.25, 0.3) is 0 Å². The van der Waals surface area contributed by atoms with Crippen LogP contribution in [0.3, 0.4) is 0 Å². The van der Waals surface area contributed by atoms with Crippen molar-refractivity contribution in [3.05, 3.63) is 160 Å². The zero-order valence-electron chi connectivity index (χ0n) is 28.6. The number of nitrogens with zero attached hydrogens (tertiary/aromatic N) is 1. The van der Waals surface area contributed by atoms with Crippen LogP contribution in [0.15, 0.2) is 121 Å². The van der Waals surface area contributed by atoms with E-state index in [1.54, 1.807) is 0 Å². The highest BCUT2D eigenvalue weighted by Crippen LogP contribution is 2.38. The SMILES string of the molecule is CCN(CC)c1ccc(C(c2ccc(NC(C)Cc3ccccc3)cc2C)c2ccc(NC(C)Cc3ccccc3)cc2C)cc1. The van der Waals surface area contributed by atoms with Gasteiger partial charge in [-0.1, -0.05) is 84.9 Å². The normalized spacial score (nSPS) is 13.1. The summed E-state index contributed by atoms with van der Waals surface area (Å²) in [6.45, 7) is 15.5. The third kappa shape index (κ3) is 8.40. The minimum absolute atomic E-state index is 0.136. The van der Waals surface area contributed by atoms with Crippen molar-refractivity contribution in [2.45, 2.75) is 72.4 Å². The second kappa shape index (κ2) is 15.7. The highest BCUT2D eigenvalue weighted by Gasteiger charge is 2.22. The van der Waals surface area contributed by atoms with Crippen LogP contribution >= 0.6 is 0 Å². The van der Waals surface area contributed by atoms with Crippen molar-refractivity contribution in [3.8, 4) is 0 Å². The number of rotatable bonds is 14. The van der Waals surface area contributed by atoms with Crippen molar-refractivity contribution in [3.63, 3.8) is 0 Å². The first-order valence-corrected chi connectivity index (χ1v) is 17.0. The Labute approximate surface area is 277 Å².